The maximum atomic E-state index is 14.0. The van der Waals surface area contributed by atoms with Crippen LogP contribution in [0.5, 0.6) is 5.75 Å². The minimum Gasteiger partial charge on any atom is -0.489 e. The van der Waals surface area contributed by atoms with Crippen molar-refractivity contribution in [2.24, 2.45) is 11.8 Å². The summed E-state index contributed by atoms with van der Waals surface area (Å²) < 4.78 is 6.19. The second-order valence-electron chi connectivity index (χ2n) is 11.7. The average Bonchev–Trinajstić information content (AvgIpc) is 3.28. The van der Waals surface area contributed by atoms with Crippen molar-refractivity contribution < 1.29 is 19.4 Å². The molecule has 196 valence electrons. The number of amides is 1. The topological polar surface area (TPSA) is 79.7 Å². The van der Waals surface area contributed by atoms with Gasteiger partial charge in [0.05, 0.1) is 18.0 Å². The van der Waals surface area contributed by atoms with Crippen molar-refractivity contribution in [3.05, 3.63) is 39.8 Å². The van der Waals surface area contributed by atoms with Crippen molar-refractivity contribution >= 4 is 28.9 Å². The van der Waals surface area contributed by atoms with Crippen molar-refractivity contribution in [2.45, 2.75) is 104 Å². The minimum atomic E-state index is -0.954. The number of carboxylic acid groups (broad SMARTS) is 1. The summed E-state index contributed by atoms with van der Waals surface area (Å²) >= 11 is 1.31. The molecule has 1 amide bonds. The Morgan fingerprint density at radius 1 is 1.06 bits per heavy atom. The van der Waals surface area contributed by atoms with Crippen LogP contribution in [0.4, 0.5) is 5.69 Å². The molecule has 0 spiro atoms. The van der Waals surface area contributed by atoms with Gasteiger partial charge in [-0.1, -0.05) is 27.7 Å². The highest BCUT2D eigenvalue weighted by Crippen LogP contribution is 2.42. The number of pyridine rings is 1. The van der Waals surface area contributed by atoms with Gasteiger partial charge in [-0.05, 0) is 87.8 Å². The van der Waals surface area contributed by atoms with Crippen molar-refractivity contribution in [2.75, 3.05) is 4.90 Å². The van der Waals surface area contributed by atoms with E-state index in [-0.39, 0.29) is 34.3 Å². The van der Waals surface area contributed by atoms with Gasteiger partial charge in [0.25, 0.3) is 0 Å². The number of aromatic carboxylic acids is 1. The Labute approximate surface area is 219 Å². The number of aryl methyl sites for hydroxylation is 1. The molecule has 1 N–H and O–H groups in total. The van der Waals surface area contributed by atoms with Gasteiger partial charge in [0.1, 0.15) is 10.6 Å². The summed E-state index contributed by atoms with van der Waals surface area (Å²) in [6.07, 6.45) is 8.94. The molecule has 2 saturated carbocycles. The number of ether oxygens (including phenoxy) is 1. The number of carbonyl (C=O) groups is 2. The highest BCUT2D eigenvalue weighted by Gasteiger charge is 2.38. The van der Waals surface area contributed by atoms with E-state index in [9.17, 15) is 14.7 Å². The first-order valence-corrected chi connectivity index (χ1v) is 14.1. The van der Waals surface area contributed by atoms with Crippen LogP contribution in [0.1, 0.15) is 99.3 Å². The highest BCUT2D eigenvalue weighted by molar-refractivity contribution is 7.14. The van der Waals surface area contributed by atoms with Crippen molar-refractivity contribution in [3.63, 3.8) is 0 Å². The molecule has 7 heteroatoms. The van der Waals surface area contributed by atoms with Gasteiger partial charge in [-0.2, -0.15) is 0 Å². The second kappa shape index (κ2) is 10.9. The maximum absolute atomic E-state index is 14.0. The third-order valence-electron chi connectivity index (χ3n) is 7.70. The Hall–Kier alpha value is -2.41. The Bertz CT molecular complexity index is 1060. The molecule has 0 aromatic carbocycles. The molecule has 2 aliphatic carbocycles. The molecule has 36 heavy (non-hydrogen) atoms. The normalized spacial score (nSPS) is 24.8. The van der Waals surface area contributed by atoms with E-state index in [1.165, 1.54) is 11.3 Å². The Morgan fingerprint density at radius 3 is 2.28 bits per heavy atom. The van der Waals surface area contributed by atoms with Crippen LogP contribution in [0, 0.1) is 18.8 Å². The third kappa shape index (κ3) is 6.10. The predicted molar refractivity (Wildman–Crippen MR) is 144 cm³/mol. The molecule has 6 nitrogen and oxygen atoms in total. The fraction of sp³-hybridized carbons (Fsp3) is 0.621. The van der Waals surface area contributed by atoms with Crippen LogP contribution in [0.3, 0.4) is 0 Å². The lowest BCUT2D eigenvalue weighted by Gasteiger charge is -2.39. The van der Waals surface area contributed by atoms with Crippen LogP contribution in [0.15, 0.2) is 24.4 Å². The molecule has 2 aromatic rings. The molecule has 0 aliphatic heterocycles. The van der Waals surface area contributed by atoms with E-state index in [1.54, 1.807) is 6.20 Å². The van der Waals surface area contributed by atoms with Gasteiger partial charge in [0.15, 0.2) is 0 Å². The number of carboxylic acids is 1. The molecule has 2 fully saturated rings. The summed E-state index contributed by atoms with van der Waals surface area (Å²) in [6.45, 7) is 10.5. The fourth-order valence-corrected chi connectivity index (χ4v) is 6.47. The zero-order valence-corrected chi connectivity index (χ0v) is 23.1. The van der Waals surface area contributed by atoms with E-state index < -0.39 is 5.97 Å². The Balaban J connectivity index is 1.59. The summed E-state index contributed by atoms with van der Waals surface area (Å²) in [5, 5.41) is 10.1. The molecule has 2 aliphatic rings. The zero-order valence-electron chi connectivity index (χ0n) is 22.3. The monoisotopic (exact) mass is 512 g/mol. The van der Waals surface area contributed by atoms with E-state index in [2.05, 4.69) is 32.7 Å². The number of aromatic nitrogens is 1. The predicted octanol–water partition coefficient (Wildman–Crippen LogP) is 7.00. The molecular formula is C29H40N2O4S. The molecule has 0 saturated heterocycles. The van der Waals surface area contributed by atoms with Crippen LogP contribution in [-0.4, -0.2) is 34.1 Å². The van der Waals surface area contributed by atoms with Crippen LogP contribution in [-0.2, 0) is 10.2 Å². The Kier molecular flexibility index (Phi) is 8.08. The number of rotatable bonds is 6. The number of thiophene rings is 1. The number of hydrogen-bond donors (Lipinski definition) is 1. The number of hydrogen-bond acceptors (Lipinski definition) is 5. The average molecular weight is 513 g/mol. The first-order chi connectivity index (χ1) is 17.0. The zero-order chi connectivity index (χ0) is 26.0. The molecule has 0 radical (unpaired) electrons. The molecular weight excluding hydrogens is 472 g/mol. The van der Waals surface area contributed by atoms with Crippen molar-refractivity contribution in [3.8, 4) is 5.75 Å². The smallest absolute Gasteiger partial charge is 0.348 e. The lowest BCUT2D eigenvalue weighted by Crippen LogP contribution is -2.47. The first kappa shape index (κ1) is 26.6. The van der Waals surface area contributed by atoms with E-state index >= 15 is 0 Å². The van der Waals surface area contributed by atoms with Crippen molar-refractivity contribution in [1.82, 2.24) is 4.98 Å². The van der Waals surface area contributed by atoms with Gasteiger partial charge in [0.2, 0.25) is 5.91 Å². The minimum absolute atomic E-state index is 0.0200. The molecule has 2 aromatic heterocycles. The van der Waals surface area contributed by atoms with Crippen LogP contribution < -0.4 is 9.64 Å². The standard InChI is InChI=1S/C29H40N2O4S/c1-18-6-9-20(10-7-18)27(32)31(24-16-25(29(3,4)5)36-26(24)28(33)34)21-11-14-22(15-12-21)35-23-13-8-19(2)30-17-23/h8,13,16-18,20-22H,6-7,9-12,14-15H2,1-5H3,(H,33,34)/t18-,20-,21-,22-. The van der Waals surface area contributed by atoms with E-state index in [0.29, 0.717) is 11.6 Å². The molecule has 2 heterocycles. The summed E-state index contributed by atoms with van der Waals surface area (Å²) in [6, 6.07) is 5.85. The second-order valence-corrected chi connectivity index (χ2v) is 12.8. The van der Waals surface area contributed by atoms with Gasteiger partial charge in [-0.25, -0.2) is 4.79 Å². The first-order valence-electron chi connectivity index (χ1n) is 13.3. The summed E-state index contributed by atoms with van der Waals surface area (Å²) in [5.41, 5.74) is 1.36. The summed E-state index contributed by atoms with van der Waals surface area (Å²) in [4.78, 5) is 33.8. The summed E-state index contributed by atoms with van der Waals surface area (Å²) in [5.74, 6) is 0.538. The lowest BCUT2D eigenvalue weighted by atomic mass is 9.81. The third-order valence-corrected chi connectivity index (χ3v) is 9.24. The molecule has 0 atom stereocenters. The fourth-order valence-electron chi connectivity index (χ4n) is 5.42. The van der Waals surface area contributed by atoms with Gasteiger partial charge in [-0.3, -0.25) is 9.78 Å². The Morgan fingerprint density at radius 2 is 1.72 bits per heavy atom. The van der Waals surface area contributed by atoms with Crippen LogP contribution >= 0.6 is 11.3 Å². The van der Waals surface area contributed by atoms with Gasteiger partial charge in [-0.15, -0.1) is 11.3 Å². The molecule has 4 rings (SSSR count). The molecule has 0 bridgehead atoms. The SMILES string of the molecule is Cc1ccc(O[C@H]2CC[C@H](N(c3cc(C(C)(C)C)sc3C(=O)O)C(=O)[C@H]3CC[C@H](C)CC3)CC2)cn1. The van der Waals surface area contributed by atoms with E-state index in [1.807, 2.05) is 30.0 Å². The highest BCUT2D eigenvalue weighted by atomic mass is 32.1. The van der Waals surface area contributed by atoms with Crippen molar-refractivity contribution in [1.29, 1.82) is 0 Å². The number of anilines is 1. The largest absolute Gasteiger partial charge is 0.489 e. The maximum Gasteiger partial charge on any atom is 0.348 e. The van der Waals surface area contributed by atoms with Crippen LogP contribution in [0.25, 0.3) is 0 Å². The number of nitrogens with zero attached hydrogens (tertiary/aromatic N) is 2. The molecule has 0 unspecified atom stereocenters. The number of carbonyl (C=O) groups excluding carboxylic acids is 1. The van der Waals surface area contributed by atoms with Gasteiger partial charge >= 0.3 is 5.97 Å². The van der Waals surface area contributed by atoms with E-state index in [0.717, 1.165) is 67.7 Å². The van der Waals surface area contributed by atoms with Crippen LogP contribution in [0.2, 0.25) is 0 Å². The summed E-state index contributed by atoms with van der Waals surface area (Å²) in [7, 11) is 0. The lowest BCUT2D eigenvalue weighted by molar-refractivity contribution is -0.124. The van der Waals surface area contributed by atoms with E-state index in [4.69, 9.17) is 4.74 Å². The van der Waals surface area contributed by atoms with Gasteiger partial charge in [0, 0.05) is 22.5 Å². The van der Waals surface area contributed by atoms with Gasteiger partial charge < -0.3 is 14.7 Å². The quantitative estimate of drug-likeness (QED) is 0.451.